The van der Waals surface area contributed by atoms with Gasteiger partial charge in [0.2, 0.25) is 0 Å². The van der Waals surface area contributed by atoms with Crippen LogP contribution in [0.1, 0.15) is 11.1 Å². The number of ether oxygens (including phenoxy) is 1. The smallest absolute Gasteiger partial charge is 0.120 e. The number of aryl methyl sites for hydroxylation is 1. The maximum Gasteiger partial charge on any atom is 0.120 e. The molecule has 1 aromatic carbocycles. The molecule has 46 valence electrons. The lowest BCUT2D eigenvalue weighted by molar-refractivity contribution is 0.327. The van der Waals surface area contributed by atoms with Crippen molar-refractivity contribution in [2.45, 2.75) is 13.5 Å². The van der Waals surface area contributed by atoms with Gasteiger partial charge in [0.25, 0.3) is 0 Å². The van der Waals surface area contributed by atoms with Gasteiger partial charge >= 0.3 is 0 Å². The average Bonchev–Trinajstić information content (AvgIpc) is 2.11. The van der Waals surface area contributed by atoms with Crippen LogP contribution in [-0.4, -0.2) is 0 Å². The molecule has 1 heterocycles. The molecule has 1 aromatic rings. The Bertz CT molecular complexity index is 218. The van der Waals surface area contributed by atoms with Gasteiger partial charge in [-0.1, -0.05) is 6.07 Å². The highest BCUT2D eigenvalue weighted by Gasteiger charge is 2.06. The minimum atomic E-state index is 0.767. The Morgan fingerprint density at radius 3 is 3.00 bits per heavy atom. The van der Waals surface area contributed by atoms with Gasteiger partial charge in [0.1, 0.15) is 12.4 Å². The maximum atomic E-state index is 5.26. The van der Waals surface area contributed by atoms with Crippen LogP contribution in [0.25, 0.3) is 0 Å². The number of hydrogen-bond acceptors (Lipinski definition) is 1. The van der Waals surface area contributed by atoms with Crippen molar-refractivity contribution >= 4 is 0 Å². The Morgan fingerprint density at radius 2 is 2.22 bits per heavy atom. The van der Waals surface area contributed by atoms with Crippen LogP contribution < -0.4 is 4.74 Å². The Labute approximate surface area is 54.3 Å². The average molecular weight is 120 g/mol. The van der Waals surface area contributed by atoms with Crippen LogP contribution in [0.2, 0.25) is 0 Å². The van der Waals surface area contributed by atoms with Gasteiger partial charge in [0.05, 0.1) is 0 Å². The Balaban J connectivity index is 2.64. The summed E-state index contributed by atoms with van der Waals surface area (Å²) in [5.41, 5.74) is 2.59. The van der Waals surface area contributed by atoms with E-state index < -0.39 is 0 Å². The Morgan fingerprint density at radius 1 is 1.33 bits per heavy atom. The molecule has 0 radical (unpaired) electrons. The normalized spacial score (nSPS) is 13.4. The third kappa shape index (κ3) is 0.689. The van der Waals surface area contributed by atoms with Crippen LogP contribution >= 0.6 is 0 Å². The molecule has 1 heteroatoms. The lowest BCUT2D eigenvalue weighted by atomic mass is 10.2. The number of hydrogen-bond donors (Lipinski definition) is 0. The third-order valence-electron chi connectivity index (χ3n) is 1.52. The second-order valence-electron chi connectivity index (χ2n) is 2.44. The summed E-state index contributed by atoms with van der Waals surface area (Å²) in [5.74, 6) is 1.02. The van der Waals surface area contributed by atoms with Crippen molar-refractivity contribution in [3.63, 3.8) is 0 Å². The van der Waals surface area contributed by atoms with E-state index in [2.05, 4.69) is 25.1 Å². The first kappa shape index (κ1) is 4.86. The van der Waals surface area contributed by atoms with Crippen LogP contribution in [0, 0.1) is 6.92 Å². The predicted octanol–water partition coefficient (Wildman–Crippen LogP) is 1.89. The predicted molar refractivity (Wildman–Crippen MR) is 35.5 cm³/mol. The molecular formula is C8H8O. The summed E-state index contributed by atoms with van der Waals surface area (Å²) in [6.45, 7) is 2.85. The molecule has 1 aliphatic heterocycles. The van der Waals surface area contributed by atoms with Crippen molar-refractivity contribution < 1.29 is 4.74 Å². The summed E-state index contributed by atoms with van der Waals surface area (Å²) in [4.78, 5) is 0. The zero-order chi connectivity index (χ0) is 6.27. The minimum absolute atomic E-state index is 0.767. The fourth-order valence-electron chi connectivity index (χ4n) is 1.16. The highest BCUT2D eigenvalue weighted by Crippen LogP contribution is 2.23. The molecule has 2 bridgehead atoms. The minimum Gasteiger partial charge on any atom is -0.489 e. The third-order valence-corrected chi connectivity index (χ3v) is 1.52. The number of fused-ring (bicyclic) bond motifs is 2. The fourth-order valence-corrected chi connectivity index (χ4v) is 1.16. The van der Waals surface area contributed by atoms with Gasteiger partial charge in [-0.05, 0) is 30.2 Å². The van der Waals surface area contributed by atoms with Gasteiger partial charge in [-0.3, -0.25) is 0 Å². The van der Waals surface area contributed by atoms with E-state index in [1.165, 1.54) is 11.1 Å². The lowest BCUT2D eigenvalue weighted by Gasteiger charge is -1.90. The number of benzene rings is 1. The van der Waals surface area contributed by atoms with Crippen LogP contribution in [0.3, 0.4) is 0 Å². The monoisotopic (exact) mass is 120 g/mol. The quantitative estimate of drug-likeness (QED) is 0.508. The summed E-state index contributed by atoms with van der Waals surface area (Å²) < 4.78 is 5.26. The zero-order valence-electron chi connectivity index (χ0n) is 5.35. The lowest BCUT2D eigenvalue weighted by Crippen LogP contribution is -1.81. The van der Waals surface area contributed by atoms with E-state index in [4.69, 9.17) is 4.74 Å². The first-order valence-electron chi connectivity index (χ1n) is 3.08. The van der Waals surface area contributed by atoms with E-state index in [0.717, 1.165) is 12.4 Å². The first-order valence-corrected chi connectivity index (χ1v) is 3.08. The van der Waals surface area contributed by atoms with Crippen molar-refractivity contribution in [1.82, 2.24) is 0 Å². The second kappa shape index (κ2) is 1.50. The topological polar surface area (TPSA) is 9.23 Å². The molecule has 0 saturated carbocycles. The molecule has 0 aromatic heterocycles. The molecule has 0 spiro atoms. The molecular weight excluding hydrogens is 112 g/mol. The molecule has 0 saturated heterocycles. The van der Waals surface area contributed by atoms with E-state index in [1.54, 1.807) is 0 Å². The van der Waals surface area contributed by atoms with Crippen molar-refractivity contribution in [3.8, 4) is 5.75 Å². The zero-order valence-corrected chi connectivity index (χ0v) is 5.35. The summed E-state index contributed by atoms with van der Waals surface area (Å²) in [6.07, 6.45) is 0. The van der Waals surface area contributed by atoms with Gasteiger partial charge in [0, 0.05) is 0 Å². The summed E-state index contributed by atoms with van der Waals surface area (Å²) in [5, 5.41) is 0. The molecule has 9 heavy (non-hydrogen) atoms. The Kier molecular flexibility index (Phi) is 0.810. The first-order chi connectivity index (χ1) is 4.34. The van der Waals surface area contributed by atoms with Crippen LogP contribution in [0.4, 0.5) is 0 Å². The van der Waals surface area contributed by atoms with Crippen LogP contribution in [0.5, 0.6) is 5.75 Å². The van der Waals surface area contributed by atoms with Crippen molar-refractivity contribution in [2.24, 2.45) is 0 Å². The maximum absolute atomic E-state index is 5.26. The van der Waals surface area contributed by atoms with E-state index in [-0.39, 0.29) is 0 Å². The van der Waals surface area contributed by atoms with Gasteiger partial charge in [0.15, 0.2) is 0 Å². The highest BCUT2D eigenvalue weighted by molar-refractivity contribution is 5.36. The summed E-state index contributed by atoms with van der Waals surface area (Å²) in [6, 6.07) is 6.28. The van der Waals surface area contributed by atoms with E-state index in [0.29, 0.717) is 0 Å². The second-order valence-corrected chi connectivity index (χ2v) is 2.44. The molecule has 0 fully saturated rings. The van der Waals surface area contributed by atoms with Crippen LogP contribution in [0.15, 0.2) is 18.2 Å². The van der Waals surface area contributed by atoms with Gasteiger partial charge in [-0.2, -0.15) is 0 Å². The molecule has 0 aliphatic carbocycles. The molecule has 1 aliphatic rings. The summed E-state index contributed by atoms with van der Waals surface area (Å²) >= 11 is 0. The van der Waals surface area contributed by atoms with Crippen LogP contribution in [-0.2, 0) is 6.61 Å². The van der Waals surface area contributed by atoms with Crippen molar-refractivity contribution in [3.05, 3.63) is 29.3 Å². The highest BCUT2D eigenvalue weighted by atomic mass is 16.5. The molecule has 0 unspecified atom stereocenters. The number of rotatable bonds is 0. The van der Waals surface area contributed by atoms with Gasteiger partial charge in [-0.15, -0.1) is 0 Å². The Hall–Kier alpha value is -0.980. The van der Waals surface area contributed by atoms with E-state index in [1.807, 2.05) is 0 Å². The molecule has 0 N–H and O–H groups in total. The standard InChI is InChI=1S/C8H8O/c1-6-2-7-4-8(3-6)9-5-7/h2-4H,5H2,1H3. The SMILES string of the molecule is Cc1cc2cc(c1)OC2. The van der Waals surface area contributed by atoms with E-state index in [9.17, 15) is 0 Å². The van der Waals surface area contributed by atoms with Crippen molar-refractivity contribution in [2.75, 3.05) is 0 Å². The molecule has 1 nitrogen and oxygen atoms in total. The van der Waals surface area contributed by atoms with E-state index >= 15 is 0 Å². The largest absolute Gasteiger partial charge is 0.489 e. The molecule has 2 rings (SSSR count). The van der Waals surface area contributed by atoms with Gasteiger partial charge in [-0.25, -0.2) is 0 Å². The fraction of sp³-hybridized carbons (Fsp3) is 0.250. The van der Waals surface area contributed by atoms with Gasteiger partial charge < -0.3 is 4.74 Å². The molecule has 0 atom stereocenters. The van der Waals surface area contributed by atoms with Crippen molar-refractivity contribution in [1.29, 1.82) is 0 Å². The summed E-state index contributed by atoms with van der Waals surface area (Å²) in [7, 11) is 0. The molecule has 0 amide bonds.